The van der Waals surface area contributed by atoms with Crippen LogP contribution in [0.25, 0.3) is 0 Å². The predicted octanol–water partition coefficient (Wildman–Crippen LogP) is 3.67. The van der Waals surface area contributed by atoms with E-state index < -0.39 is 24.0 Å². The summed E-state index contributed by atoms with van der Waals surface area (Å²) in [6, 6.07) is 0. The molecule has 5 saturated carbocycles. The van der Waals surface area contributed by atoms with Gasteiger partial charge in [-0.1, -0.05) is 19.8 Å². The Labute approximate surface area is 186 Å². The number of carbonyl (C=O) groups excluding carboxylic acids is 1. The Kier molecular flexibility index (Phi) is 8.50. The van der Waals surface area contributed by atoms with Crippen LogP contribution in [0.5, 0.6) is 0 Å². The lowest BCUT2D eigenvalue weighted by molar-refractivity contribution is -0.170. The van der Waals surface area contributed by atoms with Crippen LogP contribution in [0.4, 0.5) is 0 Å². The van der Waals surface area contributed by atoms with E-state index in [1.54, 1.807) is 6.92 Å². The third-order valence-corrected chi connectivity index (χ3v) is 7.94. The van der Waals surface area contributed by atoms with E-state index in [1.807, 2.05) is 0 Å². The van der Waals surface area contributed by atoms with Crippen LogP contribution in [0.3, 0.4) is 0 Å². The molecule has 2 atom stereocenters. The quantitative estimate of drug-likeness (QED) is 0.393. The zero-order chi connectivity index (χ0) is 21.7. The molecule has 7 heteroatoms. The van der Waals surface area contributed by atoms with Crippen molar-refractivity contribution >= 4 is 24.6 Å². The van der Waals surface area contributed by atoms with E-state index in [1.165, 1.54) is 51.4 Å². The first-order chi connectivity index (χ1) is 14.3. The molecule has 0 saturated heterocycles. The number of hydrogen-bond acceptors (Lipinski definition) is 6. The number of aliphatic carboxylic acids is 1. The number of carboxylic acids is 1. The largest absolute Gasteiger partial charge is 0.478 e. The summed E-state index contributed by atoms with van der Waals surface area (Å²) in [5.74, 6) is 1.76. The lowest BCUT2D eigenvalue weighted by Crippen LogP contribution is -2.55. The molecule has 0 heterocycles. The molecule has 0 aliphatic heterocycles. The Morgan fingerprint density at radius 3 is 2.07 bits per heavy atom. The van der Waals surface area contributed by atoms with Crippen LogP contribution in [0.1, 0.15) is 71.1 Å². The molecule has 1 unspecified atom stereocenters. The van der Waals surface area contributed by atoms with Gasteiger partial charge in [-0.25, -0.2) is 4.79 Å². The smallest absolute Gasteiger partial charge is 0.347 e. The molecule has 0 aromatic heterocycles. The van der Waals surface area contributed by atoms with E-state index in [9.17, 15) is 9.59 Å². The van der Waals surface area contributed by atoms with Crippen molar-refractivity contribution in [2.24, 2.45) is 35.3 Å². The molecule has 0 amide bonds. The fourth-order valence-corrected chi connectivity index (χ4v) is 6.33. The molecule has 0 aromatic carbocycles. The van der Waals surface area contributed by atoms with E-state index in [0.717, 1.165) is 30.6 Å². The van der Waals surface area contributed by atoms with Crippen molar-refractivity contribution < 1.29 is 24.2 Å². The minimum absolute atomic E-state index is 0.0864. The molecule has 5 rings (SSSR count). The lowest BCUT2D eigenvalue weighted by Gasteiger charge is -2.55. The Bertz CT molecular complexity index is 557. The minimum atomic E-state index is -1.23. The molecular weight excluding hydrogens is 402 g/mol. The fraction of sp³-hybridized carbons (Fsp3) is 0.913. The monoisotopic (exact) mass is 441 g/mol. The van der Waals surface area contributed by atoms with Crippen LogP contribution >= 0.6 is 12.6 Å². The Morgan fingerprint density at radius 2 is 1.63 bits per heavy atom. The molecule has 4 bridgehead atoms. The average molecular weight is 442 g/mol. The van der Waals surface area contributed by atoms with Crippen molar-refractivity contribution in [2.75, 3.05) is 19.0 Å². The highest BCUT2D eigenvalue weighted by molar-refractivity contribution is 7.80. The summed E-state index contributed by atoms with van der Waals surface area (Å²) in [6.45, 7) is 2.11. The Hall–Kier alpha value is -0.790. The van der Waals surface area contributed by atoms with E-state index in [0.29, 0.717) is 23.8 Å². The van der Waals surface area contributed by atoms with Crippen molar-refractivity contribution in [3.8, 4) is 0 Å². The molecule has 5 aliphatic carbocycles. The Morgan fingerprint density at radius 1 is 1.10 bits per heavy atom. The fourth-order valence-electron chi connectivity index (χ4n) is 6.18. The van der Waals surface area contributed by atoms with Crippen LogP contribution in [-0.4, -0.2) is 47.7 Å². The Balaban J connectivity index is 0.000000193. The van der Waals surface area contributed by atoms with Gasteiger partial charge in [-0.3, -0.25) is 4.79 Å². The highest BCUT2D eigenvalue weighted by Gasteiger charge is 2.48. The lowest BCUT2D eigenvalue weighted by atomic mass is 9.53. The van der Waals surface area contributed by atoms with Gasteiger partial charge in [0.2, 0.25) is 6.10 Å². The summed E-state index contributed by atoms with van der Waals surface area (Å²) in [4.78, 5) is 22.5. The maximum atomic E-state index is 11.5. The molecule has 172 valence electrons. The van der Waals surface area contributed by atoms with Gasteiger partial charge in [-0.2, -0.15) is 12.6 Å². The summed E-state index contributed by atoms with van der Waals surface area (Å²) in [7, 11) is 0. The van der Waals surface area contributed by atoms with Crippen molar-refractivity contribution in [2.45, 2.75) is 82.8 Å². The van der Waals surface area contributed by atoms with E-state index in [2.05, 4.69) is 12.6 Å². The summed E-state index contributed by atoms with van der Waals surface area (Å²) in [5.41, 5.74) is 6.62. The maximum absolute atomic E-state index is 11.5. The number of hydrogen-bond donors (Lipinski definition) is 3. The molecule has 0 radical (unpaired) electrons. The van der Waals surface area contributed by atoms with Crippen LogP contribution in [0.15, 0.2) is 0 Å². The van der Waals surface area contributed by atoms with Crippen molar-refractivity contribution in [3.05, 3.63) is 0 Å². The van der Waals surface area contributed by atoms with Crippen LogP contribution in [-0.2, 0) is 19.1 Å². The first-order valence-electron chi connectivity index (χ1n) is 11.7. The van der Waals surface area contributed by atoms with E-state index >= 15 is 0 Å². The number of thiol groups is 1. The van der Waals surface area contributed by atoms with E-state index in [-0.39, 0.29) is 6.61 Å². The SMILES string of the molecule is C[C@H](CS)C(=O)OC(COCC1CCCC1)C(=O)O.NC12CC3CC(CC(C3)C1)C2. The predicted molar refractivity (Wildman–Crippen MR) is 118 cm³/mol. The number of ether oxygens (including phenoxy) is 2. The molecule has 5 aliphatic rings. The van der Waals surface area contributed by atoms with E-state index in [4.69, 9.17) is 20.3 Å². The summed E-state index contributed by atoms with van der Waals surface area (Å²) >= 11 is 3.98. The first kappa shape index (κ1) is 23.9. The number of esters is 1. The maximum Gasteiger partial charge on any atom is 0.347 e. The third kappa shape index (κ3) is 6.60. The van der Waals surface area contributed by atoms with Crippen LogP contribution < -0.4 is 5.73 Å². The number of nitrogens with two attached hydrogens (primary N) is 1. The summed E-state index contributed by atoms with van der Waals surface area (Å²) < 4.78 is 10.3. The van der Waals surface area contributed by atoms with Gasteiger partial charge in [-0.15, -0.1) is 0 Å². The second kappa shape index (κ2) is 10.7. The molecular formula is C23H39NO5S. The van der Waals surface area contributed by atoms with Gasteiger partial charge in [0, 0.05) is 17.9 Å². The molecule has 0 aromatic rings. The molecule has 0 spiro atoms. The highest BCUT2D eigenvalue weighted by Crippen LogP contribution is 2.54. The molecule has 30 heavy (non-hydrogen) atoms. The topological polar surface area (TPSA) is 98.8 Å². The van der Waals surface area contributed by atoms with Gasteiger partial charge >= 0.3 is 11.9 Å². The van der Waals surface area contributed by atoms with Crippen LogP contribution in [0.2, 0.25) is 0 Å². The van der Waals surface area contributed by atoms with Gasteiger partial charge in [0.1, 0.15) is 0 Å². The average Bonchev–Trinajstić information content (AvgIpc) is 3.18. The minimum Gasteiger partial charge on any atom is -0.478 e. The van der Waals surface area contributed by atoms with Crippen molar-refractivity contribution in [3.63, 3.8) is 0 Å². The molecule has 6 nitrogen and oxygen atoms in total. The van der Waals surface area contributed by atoms with Gasteiger partial charge in [-0.05, 0) is 75.0 Å². The molecule has 3 N–H and O–H groups in total. The highest BCUT2D eigenvalue weighted by atomic mass is 32.1. The number of carboxylic acid groups (broad SMARTS) is 1. The molecule has 5 fully saturated rings. The zero-order valence-electron chi connectivity index (χ0n) is 18.3. The first-order valence-corrected chi connectivity index (χ1v) is 12.3. The van der Waals surface area contributed by atoms with Gasteiger partial charge < -0.3 is 20.3 Å². The third-order valence-electron chi connectivity index (χ3n) is 7.39. The second-order valence-corrected chi connectivity index (χ2v) is 10.7. The standard InChI is InChI=1S/C13H22O5S.C10H17N/c1-9(8-19)13(16)18-11(12(14)15)7-17-6-10-4-2-3-5-10;11-10-4-7-1-8(5-10)3-9(2-7)6-10/h9-11,19H,2-8H2,1H3,(H,14,15);7-9H,1-6,11H2/t9-,11?;/m1./s1. The number of rotatable bonds is 8. The van der Waals surface area contributed by atoms with Crippen molar-refractivity contribution in [1.82, 2.24) is 0 Å². The van der Waals surface area contributed by atoms with Gasteiger partial charge in [0.05, 0.1) is 12.5 Å². The zero-order valence-corrected chi connectivity index (χ0v) is 19.2. The van der Waals surface area contributed by atoms with Crippen LogP contribution in [0, 0.1) is 29.6 Å². The normalized spacial score (nSPS) is 34.2. The van der Waals surface area contributed by atoms with Crippen molar-refractivity contribution in [1.29, 1.82) is 0 Å². The van der Waals surface area contributed by atoms with Gasteiger partial charge in [0.25, 0.3) is 0 Å². The summed E-state index contributed by atoms with van der Waals surface area (Å²) in [5, 5.41) is 8.99. The summed E-state index contributed by atoms with van der Waals surface area (Å²) in [6.07, 6.45) is 12.0. The second-order valence-electron chi connectivity index (χ2n) is 10.3. The number of carbonyl (C=O) groups is 2. The van der Waals surface area contributed by atoms with Gasteiger partial charge in [0.15, 0.2) is 0 Å².